The van der Waals surface area contributed by atoms with Crippen LogP contribution in [0.25, 0.3) is 0 Å². The van der Waals surface area contributed by atoms with E-state index in [1.807, 2.05) is 0 Å². The predicted molar refractivity (Wildman–Crippen MR) is 104 cm³/mol. The first-order valence-corrected chi connectivity index (χ1v) is 10.7. The molecule has 0 saturated heterocycles. The molecule has 0 unspecified atom stereocenters. The average Bonchev–Trinajstić information content (AvgIpc) is 2.70. The summed E-state index contributed by atoms with van der Waals surface area (Å²) in [5.74, 6) is -0.682. The third kappa shape index (κ3) is 5.59. The monoisotopic (exact) mass is 482 g/mol. The van der Waals surface area contributed by atoms with Crippen LogP contribution in [0.15, 0.2) is 47.5 Å². The summed E-state index contributed by atoms with van der Waals surface area (Å²) in [6.07, 6.45) is -8.73. The fraction of sp³-hybridized carbons (Fsp3) is 0.400. The van der Waals surface area contributed by atoms with Crippen molar-refractivity contribution >= 4 is 15.7 Å². The number of hydrogen-bond acceptors (Lipinski definition) is 4. The Morgan fingerprint density at radius 2 is 1.62 bits per heavy atom. The normalized spacial score (nSPS) is 13.2. The van der Waals surface area contributed by atoms with Crippen LogP contribution in [0.1, 0.15) is 41.9 Å². The summed E-state index contributed by atoms with van der Waals surface area (Å²) in [5, 5.41) is 0. The first kappa shape index (κ1) is 25.6. The fourth-order valence-electron chi connectivity index (χ4n) is 2.74. The summed E-state index contributed by atoms with van der Waals surface area (Å²) >= 11 is 0. The number of sulfone groups is 1. The molecule has 5 nitrogen and oxygen atoms in total. The largest absolute Gasteiger partial charge is 0.433 e. The summed E-state index contributed by atoms with van der Waals surface area (Å²) in [4.78, 5) is 16.2. The van der Waals surface area contributed by atoms with Crippen LogP contribution in [0.2, 0.25) is 0 Å². The molecule has 1 aromatic carbocycles. The van der Waals surface area contributed by atoms with Crippen LogP contribution >= 0.6 is 0 Å². The molecule has 1 heterocycles. The van der Waals surface area contributed by atoms with E-state index in [1.54, 1.807) is 0 Å². The summed E-state index contributed by atoms with van der Waals surface area (Å²) < 4.78 is 101. The van der Waals surface area contributed by atoms with E-state index in [9.17, 15) is 39.6 Å². The Balaban J connectivity index is 2.15. The van der Waals surface area contributed by atoms with Gasteiger partial charge in [-0.3, -0.25) is 9.78 Å². The number of alkyl halides is 6. The quantitative estimate of drug-likeness (QED) is 0.553. The van der Waals surface area contributed by atoms with Gasteiger partial charge in [-0.1, -0.05) is 6.07 Å². The zero-order valence-corrected chi connectivity index (χ0v) is 18.1. The first-order valence-electron chi connectivity index (χ1n) is 9.17. The molecule has 0 bridgehead atoms. The topological polar surface area (TPSA) is 67.3 Å². The van der Waals surface area contributed by atoms with Crippen LogP contribution in [0.4, 0.5) is 26.3 Å². The first-order chi connectivity index (χ1) is 14.5. The Morgan fingerprint density at radius 3 is 2.12 bits per heavy atom. The highest BCUT2D eigenvalue weighted by Crippen LogP contribution is 2.34. The number of benzene rings is 1. The van der Waals surface area contributed by atoms with Crippen molar-refractivity contribution in [3.05, 3.63) is 59.4 Å². The third-order valence-electron chi connectivity index (χ3n) is 4.90. The van der Waals surface area contributed by atoms with Crippen molar-refractivity contribution in [2.24, 2.45) is 0 Å². The van der Waals surface area contributed by atoms with Crippen LogP contribution in [0.3, 0.4) is 0 Å². The van der Waals surface area contributed by atoms with Crippen molar-refractivity contribution in [2.45, 2.75) is 42.3 Å². The van der Waals surface area contributed by atoms with Gasteiger partial charge in [0.1, 0.15) is 5.69 Å². The lowest BCUT2D eigenvalue weighted by molar-refractivity contribution is -0.141. The number of amides is 1. The SMILES string of the molecule is CN(CCC(C)(C)S(=O)(=O)c1cccc(C(F)(F)F)c1)C(=O)c1ccc(C(F)(F)F)nc1. The summed E-state index contributed by atoms with van der Waals surface area (Å²) in [5.41, 5.74) is -2.39. The molecular formula is C20H20F6N2O3S. The number of halogens is 6. The summed E-state index contributed by atoms with van der Waals surface area (Å²) in [6, 6.07) is 4.99. The second-order valence-corrected chi connectivity index (χ2v) is 10.3. The van der Waals surface area contributed by atoms with Crippen molar-refractivity contribution in [3.63, 3.8) is 0 Å². The van der Waals surface area contributed by atoms with Gasteiger partial charge in [-0.05, 0) is 50.6 Å². The van der Waals surface area contributed by atoms with E-state index in [2.05, 4.69) is 4.98 Å². The highest BCUT2D eigenvalue weighted by atomic mass is 32.2. The molecule has 1 aromatic heterocycles. The summed E-state index contributed by atoms with van der Waals surface area (Å²) in [7, 11) is -2.88. The van der Waals surface area contributed by atoms with Crippen LogP contribution in [-0.4, -0.2) is 42.5 Å². The van der Waals surface area contributed by atoms with Crippen LogP contribution < -0.4 is 0 Å². The maximum atomic E-state index is 12.9. The van der Waals surface area contributed by atoms with E-state index in [-0.39, 0.29) is 18.5 Å². The standard InChI is InChI=1S/C20H20F6N2O3S/c1-18(2,32(30,31)15-6-4-5-14(11-15)19(21,22)23)9-10-28(3)17(29)13-7-8-16(27-12-13)20(24,25)26/h4-8,11-12H,9-10H2,1-3H3. The molecule has 0 spiro atoms. The smallest absolute Gasteiger partial charge is 0.342 e. The number of nitrogens with zero attached hydrogens (tertiary/aromatic N) is 2. The Kier molecular flexibility index (Phi) is 6.98. The van der Waals surface area contributed by atoms with Crippen LogP contribution in [0, 0.1) is 0 Å². The van der Waals surface area contributed by atoms with E-state index < -0.39 is 49.0 Å². The zero-order valence-electron chi connectivity index (χ0n) is 17.3. The number of pyridine rings is 1. The van der Waals surface area contributed by atoms with Gasteiger partial charge in [0.2, 0.25) is 0 Å². The lowest BCUT2D eigenvalue weighted by Crippen LogP contribution is -2.38. The molecule has 32 heavy (non-hydrogen) atoms. The molecule has 0 aliphatic carbocycles. The van der Waals surface area contributed by atoms with Gasteiger partial charge in [-0.15, -0.1) is 0 Å². The molecule has 1 amide bonds. The van der Waals surface area contributed by atoms with Gasteiger partial charge in [-0.2, -0.15) is 26.3 Å². The Hall–Kier alpha value is -2.63. The maximum absolute atomic E-state index is 12.9. The molecule has 0 aliphatic heterocycles. The van der Waals surface area contributed by atoms with Crippen LogP contribution in [-0.2, 0) is 22.2 Å². The van der Waals surface area contributed by atoms with Gasteiger partial charge in [-0.25, -0.2) is 8.42 Å². The van der Waals surface area contributed by atoms with E-state index in [4.69, 9.17) is 0 Å². The lowest BCUT2D eigenvalue weighted by atomic mass is 10.1. The number of rotatable bonds is 6. The highest BCUT2D eigenvalue weighted by molar-refractivity contribution is 7.92. The highest BCUT2D eigenvalue weighted by Gasteiger charge is 2.38. The minimum absolute atomic E-state index is 0.120. The van der Waals surface area contributed by atoms with Gasteiger partial charge in [0.15, 0.2) is 9.84 Å². The van der Waals surface area contributed by atoms with Gasteiger partial charge in [0.25, 0.3) is 5.91 Å². The molecule has 0 fully saturated rings. The molecule has 0 saturated carbocycles. The van der Waals surface area contributed by atoms with Crippen molar-refractivity contribution in [2.75, 3.05) is 13.6 Å². The van der Waals surface area contributed by atoms with E-state index in [0.717, 1.165) is 35.4 Å². The molecule has 176 valence electrons. The number of carbonyl (C=O) groups is 1. The second-order valence-electron chi connectivity index (χ2n) is 7.70. The third-order valence-corrected chi connectivity index (χ3v) is 7.43. The molecule has 2 aromatic rings. The molecular weight excluding hydrogens is 462 g/mol. The number of hydrogen-bond donors (Lipinski definition) is 0. The fourth-order valence-corrected chi connectivity index (χ4v) is 4.28. The molecule has 0 aliphatic rings. The van der Waals surface area contributed by atoms with Gasteiger partial charge in [0.05, 0.1) is 20.8 Å². The molecule has 0 radical (unpaired) electrons. The Morgan fingerprint density at radius 1 is 1.00 bits per heavy atom. The molecule has 2 rings (SSSR count). The van der Waals surface area contributed by atoms with Crippen molar-refractivity contribution in [1.82, 2.24) is 9.88 Å². The van der Waals surface area contributed by atoms with Gasteiger partial charge in [0, 0.05) is 19.8 Å². The lowest BCUT2D eigenvalue weighted by Gasteiger charge is -2.28. The molecule has 0 N–H and O–H groups in total. The van der Waals surface area contributed by atoms with Crippen molar-refractivity contribution in [3.8, 4) is 0 Å². The van der Waals surface area contributed by atoms with E-state index >= 15 is 0 Å². The molecule has 0 atom stereocenters. The van der Waals surface area contributed by atoms with Gasteiger partial charge < -0.3 is 4.90 Å². The summed E-state index contributed by atoms with van der Waals surface area (Å²) in [6.45, 7) is 2.52. The molecule has 12 heteroatoms. The number of carbonyl (C=O) groups excluding carboxylic acids is 1. The van der Waals surface area contributed by atoms with Gasteiger partial charge >= 0.3 is 12.4 Å². The van der Waals surface area contributed by atoms with Crippen molar-refractivity contribution in [1.29, 1.82) is 0 Å². The predicted octanol–water partition coefficient (Wildman–Crippen LogP) is 4.83. The average molecular weight is 482 g/mol. The Bertz CT molecular complexity index is 1080. The Labute approximate surface area is 181 Å². The zero-order chi connectivity index (χ0) is 24.5. The maximum Gasteiger partial charge on any atom is 0.433 e. The van der Waals surface area contributed by atoms with E-state index in [0.29, 0.717) is 12.1 Å². The van der Waals surface area contributed by atoms with E-state index in [1.165, 1.54) is 20.9 Å². The minimum Gasteiger partial charge on any atom is -0.342 e. The van der Waals surface area contributed by atoms with Crippen LogP contribution in [0.5, 0.6) is 0 Å². The second kappa shape index (κ2) is 8.72. The number of aromatic nitrogens is 1. The minimum atomic E-state index is -4.71. The van der Waals surface area contributed by atoms with Crippen molar-refractivity contribution < 1.29 is 39.6 Å².